The van der Waals surface area contributed by atoms with Crippen molar-refractivity contribution in [2.45, 2.75) is 51.0 Å². The highest BCUT2D eigenvalue weighted by Gasteiger charge is 2.39. The Morgan fingerprint density at radius 3 is 2.63 bits per heavy atom. The van der Waals surface area contributed by atoms with Crippen molar-refractivity contribution in [1.82, 2.24) is 19.3 Å². The molecule has 152 valence electrons. The van der Waals surface area contributed by atoms with Gasteiger partial charge in [-0.25, -0.2) is 9.67 Å². The van der Waals surface area contributed by atoms with Gasteiger partial charge in [0.2, 0.25) is 11.8 Å². The molecule has 7 nitrogen and oxygen atoms in total. The summed E-state index contributed by atoms with van der Waals surface area (Å²) in [5.41, 5.74) is 10.8. The first-order valence-corrected chi connectivity index (χ1v) is 10.5. The molecule has 7 heteroatoms. The molecule has 2 aliphatic rings. The van der Waals surface area contributed by atoms with E-state index >= 15 is 0 Å². The Hall–Kier alpha value is -3.53. The van der Waals surface area contributed by atoms with Gasteiger partial charge in [0, 0.05) is 30.5 Å². The largest absolute Gasteiger partial charge is 0.422 e. The molecule has 0 bridgehead atoms. The topological polar surface area (TPSA) is 94.7 Å². The minimum Gasteiger partial charge on any atom is -0.422 e. The van der Waals surface area contributed by atoms with Crippen molar-refractivity contribution in [3.63, 3.8) is 0 Å². The summed E-state index contributed by atoms with van der Waals surface area (Å²) in [6.45, 7) is 2.74. The van der Waals surface area contributed by atoms with Gasteiger partial charge in [-0.05, 0) is 37.5 Å². The smallest absolute Gasteiger partial charge is 0.224 e. The third-order valence-corrected chi connectivity index (χ3v) is 6.21. The van der Waals surface area contributed by atoms with Crippen LogP contribution in [0.15, 0.2) is 54.4 Å². The third kappa shape index (κ3) is 2.88. The first-order chi connectivity index (χ1) is 14.7. The Morgan fingerprint density at radius 1 is 1.23 bits per heavy atom. The second-order valence-electron chi connectivity index (χ2n) is 7.89. The van der Waals surface area contributed by atoms with Gasteiger partial charge < -0.3 is 15.0 Å². The molecule has 1 saturated carbocycles. The lowest BCUT2D eigenvalue weighted by atomic mass is 9.81. The fourth-order valence-electron chi connectivity index (χ4n) is 4.72. The van der Waals surface area contributed by atoms with Crippen LogP contribution in [-0.4, -0.2) is 19.3 Å². The van der Waals surface area contributed by atoms with E-state index in [9.17, 15) is 5.26 Å². The quantitative estimate of drug-likeness (QED) is 0.715. The number of fused-ring (bicyclic) bond motifs is 1. The van der Waals surface area contributed by atoms with Gasteiger partial charge in [0.15, 0.2) is 0 Å². The monoisotopic (exact) mass is 400 g/mol. The van der Waals surface area contributed by atoms with Gasteiger partial charge in [-0.15, -0.1) is 0 Å². The van der Waals surface area contributed by atoms with Gasteiger partial charge >= 0.3 is 0 Å². The fourth-order valence-corrected chi connectivity index (χ4v) is 4.72. The van der Waals surface area contributed by atoms with E-state index in [-0.39, 0.29) is 11.8 Å². The number of ether oxygens (including phenoxy) is 1. The molecule has 1 unspecified atom stereocenters. The van der Waals surface area contributed by atoms with Crippen molar-refractivity contribution in [2.75, 3.05) is 0 Å². The van der Waals surface area contributed by atoms with Gasteiger partial charge in [-0.1, -0.05) is 25.0 Å². The summed E-state index contributed by atoms with van der Waals surface area (Å²) >= 11 is 0. The average Bonchev–Trinajstić information content (AvgIpc) is 3.53. The Balaban J connectivity index is 1.65. The average molecular weight is 400 g/mol. The highest BCUT2D eigenvalue weighted by molar-refractivity contribution is 5.57. The number of imidazole rings is 1. The number of nitrogens with two attached hydrogens (primary N) is 1. The molecule has 0 amide bonds. The van der Waals surface area contributed by atoms with E-state index < -0.39 is 0 Å². The third-order valence-electron chi connectivity index (χ3n) is 6.21. The number of aryl methyl sites for hydroxylation is 1. The number of nitrogens with zero attached hydrogens (tertiary/aromatic N) is 5. The van der Waals surface area contributed by atoms with Crippen LogP contribution >= 0.6 is 0 Å². The molecule has 0 radical (unpaired) electrons. The standard InChI is InChI=1S/C23H24N6O/c1-2-29-23-20(21(27-29)16-5-3-4-6-16)19(18(13-24)22(25)30-23)15-7-9-17(10-8-15)28-12-11-26-14-28/h7-12,14,16,19H,2-6,25H2,1H3. The van der Waals surface area contributed by atoms with Crippen LogP contribution in [0.4, 0.5) is 0 Å². The number of hydrogen-bond donors (Lipinski definition) is 1. The van der Waals surface area contributed by atoms with Crippen LogP contribution in [0, 0.1) is 11.3 Å². The fraction of sp³-hybridized carbons (Fsp3) is 0.348. The summed E-state index contributed by atoms with van der Waals surface area (Å²) in [6, 6.07) is 10.5. The second-order valence-corrected chi connectivity index (χ2v) is 7.89. The van der Waals surface area contributed by atoms with E-state index in [0.29, 0.717) is 23.9 Å². The Bertz CT molecular complexity index is 1130. The molecule has 1 atom stereocenters. The van der Waals surface area contributed by atoms with Crippen molar-refractivity contribution in [3.05, 3.63) is 71.3 Å². The van der Waals surface area contributed by atoms with Crippen LogP contribution in [-0.2, 0) is 6.54 Å². The first kappa shape index (κ1) is 18.5. The normalized spacial score (nSPS) is 18.9. The van der Waals surface area contributed by atoms with E-state index in [2.05, 4.69) is 23.2 Å². The zero-order chi connectivity index (χ0) is 20.7. The van der Waals surface area contributed by atoms with Gasteiger partial charge in [0.25, 0.3) is 0 Å². The maximum Gasteiger partial charge on any atom is 0.224 e. The molecule has 1 aliphatic heterocycles. The number of aromatic nitrogens is 4. The lowest BCUT2D eigenvalue weighted by Crippen LogP contribution is -2.22. The summed E-state index contributed by atoms with van der Waals surface area (Å²) in [7, 11) is 0. The summed E-state index contributed by atoms with van der Waals surface area (Å²) in [5.74, 6) is 0.981. The molecule has 3 aromatic rings. The molecule has 30 heavy (non-hydrogen) atoms. The van der Waals surface area contributed by atoms with Gasteiger partial charge in [-0.2, -0.15) is 10.4 Å². The molecule has 0 saturated heterocycles. The highest BCUT2D eigenvalue weighted by atomic mass is 16.5. The molecule has 0 spiro atoms. The number of nitriles is 1. The molecule has 1 aromatic carbocycles. The van der Waals surface area contributed by atoms with Crippen LogP contribution in [0.5, 0.6) is 5.88 Å². The molecule has 2 aromatic heterocycles. The molecular formula is C23H24N6O. The van der Waals surface area contributed by atoms with E-state index in [4.69, 9.17) is 15.6 Å². The number of rotatable bonds is 4. The van der Waals surface area contributed by atoms with Crippen molar-refractivity contribution < 1.29 is 4.74 Å². The maximum absolute atomic E-state index is 9.94. The van der Waals surface area contributed by atoms with Gasteiger partial charge in [-0.3, -0.25) is 0 Å². The molecule has 1 fully saturated rings. The minimum atomic E-state index is -0.272. The maximum atomic E-state index is 9.94. The van der Waals surface area contributed by atoms with Crippen LogP contribution < -0.4 is 10.5 Å². The minimum absolute atomic E-state index is 0.168. The number of allylic oxidation sites excluding steroid dienone is 1. The molecule has 1 aliphatic carbocycles. The lowest BCUT2D eigenvalue weighted by molar-refractivity contribution is 0.350. The molecular weight excluding hydrogens is 376 g/mol. The van der Waals surface area contributed by atoms with Gasteiger partial charge in [0.1, 0.15) is 11.6 Å². The van der Waals surface area contributed by atoms with Crippen LogP contribution in [0.1, 0.15) is 61.3 Å². The van der Waals surface area contributed by atoms with E-state index in [1.165, 1.54) is 12.8 Å². The van der Waals surface area contributed by atoms with Crippen LogP contribution in [0.2, 0.25) is 0 Å². The predicted molar refractivity (Wildman–Crippen MR) is 112 cm³/mol. The molecule has 5 rings (SSSR count). The molecule has 2 N–H and O–H groups in total. The first-order valence-electron chi connectivity index (χ1n) is 10.5. The Labute approximate surface area is 175 Å². The van der Waals surface area contributed by atoms with Crippen molar-refractivity contribution in [3.8, 4) is 17.6 Å². The van der Waals surface area contributed by atoms with Crippen LogP contribution in [0.3, 0.4) is 0 Å². The van der Waals surface area contributed by atoms with E-state index in [1.54, 1.807) is 12.5 Å². The predicted octanol–water partition coefficient (Wildman–Crippen LogP) is 3.96. The van der Waals surface area contributed by atoms with Crippen molar-refractivity contribution in [2.24, 2.45) is 5.73 Å². The Morgan fingerprint density at radius 2 is 2.00 bits per heavy atom. The SMILES string of the molecule is CCn1nc(C2CCCC2)c2c1OC(N)=C(C#N)C2c1ccc(-n2ccnc2)cc1. The number of benzene rings is 1. The summed E-state index contributed by atoms with van der Waals surface area (Å²) in [6.07, 6.45) is 10.1. The van der Waals surface area contributed by atoms with E-state index in [0.717, 1.165) is 35.3 Å². The van der Waals surface area contributed by atoms with Gasteiger partial charge in [0.05, 0.1) is 23.5 Å². The summed E-state index contributed by atoms with van der Waals surface area (Å²) < 4.78 is 9.79. The number of hydrogen-bond acceptors (Lipinski definition) is 5. The highest BCUT2D eigenvalue weighted by Crippen LogP contribution is 2.48. The lowest BCUT2D eigenvalue weighted by Gasteiger charge is -2.26. The summed E-state index contributed by atoms with van der Waals surface area (Å²) in [5, 5.41) is 14.9. The Kier molecular flexibility index (Phi) is 4.55. The summed E-state index contributed by atoms with van der Waals surface area (Å²) in [4.78, 5) is 4.11. The zero-order valence-electron chi connectivity index (χ0n) is 17.0. The van der Waals surface area contributed by atoms with Crippen molar-refractivity contribution in [1.29, 1.82) is 5.26 Å². The zero-order valence-corrected chi connectivity index (χ0v) is 17.0. The van der Waals surface area contributed by atoms with Crippen LogP contribution in [0.25, 0.3) is 5.69 Å². The second kappa shape index (κ2) is 7.38. The van der Waals surface area contributed by atoms with E-state index in [1.807, 2.05) is 34.5 Å². The van der Waals surface area contributed by atoms with Crippen molar-refractivity contribution >= 4 is 0 Å². The molecule has 3 heterocycles.